The van der Waals surface area contributed by atoms with Crippen LogP contribution in [0.25, 0.3) is 0 Å². The fourth-order valence-corrected chi connectivity index (χ4v) is 2.60. The lowest BCUT2D eigenvalue weighted by Crippen LogP contribution is -2.08. The highest BCUT2D eigenvalue weighted by atomic mass is 16.6. The Bertz CT molecular complexity index is 492. The Morgan fingerprint density at radius 1 is 0.941 bits per heavy atom. The van der Waals surface area contributed by atoms with Crippen LogP contribution in [0.1, 0.15) is 23.3 Å². The fraction of sp³-hybridized carbons (Fsp3) is 0.385. The van der Waals surface area contributed by atoms with Crippen molar-refractivity contribution in [1.29, 1.82) is 0 Å². The molecular formula is C13H14O4. The number of ether oxygens (including phenoxy) is 4. The standard InChI is InChI=1S/C13H14O4/c1-14-8-6-4-5-7-9(8)11-13(16-3)12(15-2)10(7)17-11/h4-6,10-11H,1-3H3. The van der Waals surface area contributed by atoms with Gasteiger partial charge in [0.15, 0.2) is 11.5 Å². The van der Waals surface area contributed by atoms with Crippen LogP contribution in [0, 0.1) is 0 Å². The third-order valence-electron chi connectivity index (χ3n) is 3.30. The van der Waals surface area contributed by atoms with Crippen LogP contribution in [0.2, 0.25) is 0 Å². The second-order valence-electron chi connectivity index (χ2n) is 4.00. The number of rotatable bonds is 3. The van der Waals surface area contributed by atoms with Gasteiger partial charge in [0.2, 0.25) is 0 Å². The van der Waals surface area contributed by atoms with E-state index < -0.39 is 0 Å². The maximum Gasteiger partial charge on any atom is 0.170 e. The average molecular weight is 234 g/mol. The van der Waals surface area contributed by atoms with E-state index in [1.807, 2.05) is 18.2 Å². The van der Waals surface area contributed by atoms with Crippen molar-refractivity contribution in [3.8, 4) is 5.75 Å². The van der Waals surface area contributed by atoms with Crippen LogP contribution < -0.4 is 4.74 Å². The molecular weight excluding hydrogens is 220 g/mol. The minimum absolute atomic E-state index is 0.162. The number of hydrogen-bond acceptors (Lipinski definition) is 4. The maximum absolute atomic E-state index is 5.89. The second kappa shape index (κ2) is 3.67. The van der Waals surface area contributed by atoms with E-state index in [9.17, 15) is 0 Å². The molecule has 0 radical (unpaired) electrons. The zero-order valence-electron chi connectivity index (χ0n) is 10.0. The first-order chi connectivity index (χ1) is 8.31. The topological polar surface area (TPSA) is 36.9 Å². The lowest BCUT2D eigenvalue weighted by Gasteiger charge is -2.19. The van der Waals surface area contributed by atoms with Crippen LogP contribution in [0.5, 0.6) is 5.75 Å². The Kier molecular flexibility index (Phi) is 2.26. The molecule has 2 unspecified atom stereocenters. The van der Waals surface area contributed by atoms with E-state index in [4.69, 9.17) is 18.9 Å². The number of hydrogen-bond donors (Lipinski definition) is 0. The van der Waals surface area contributed by atoms with Crippen molar-refractivity contribution in [2.24, 2.45) is 0 Å². The molecule has 1 aromatic carbocycles. The van der Waals surface area contributed by atoms with E-state index in [0.717, 1.165) is 28.4 Å². The molecule has 4 nitrogen and oxygen atoms in total. The summed E-state index contributed by atoms with van der Waals surface area (Å²) in [5, 5.41) is 0. The van der Waals surface area contributed by atoms with Crippen LogP contribution >= 0.6 is 0 Å². The molecule has 17 heavy (non-hydrogen) atoms. The van der Waals surface area contributed by atoms with Crippen molar-refractivity contribution in [3.05, 3.63) is 40.8 Å². The summed E-state index contributed by atoms with van der Waals surface area (Å²) < 4.78 is 22.0. The van der Waals surface area contributed by atoms with Crippen LogP contribution in [0.4, 0.5) is 0 Å². The number of methoxy groups -OCH3 is 3. The first-order valence-corrected chi connectivity index (χ1v) is 5.46. The molecule has 2 heterocycles. The first kappa shape index (κ1) is 10.5. The third kappa shape index (κ3) is 1.21. The Labute approximate surface area is 99.7 Å². The van der Waals surface area contributed by atoms with E-state index in [1.54, 1.807) is 21.3 Å². The predicted molar refractivity (Wildman–Crippen MR) is 60.6 cm³/mol. The van der Waals surface area contributed by atoms with Crippen molar-refractivity contribution in [2.75, 3.05) is 21.3 Å². The minimum Gasteiger partial charge on any atom is -0.496 e. The summed E-state index contributed by atoms with van der Waals surface area (Å²) >= 11 is 0. The molecule has 0 spiro atoms. The summed E-state index contributed by atoms with van der Waals surface area (Å²) in [4.78, 5) is 0. The van der Waals surface area contributed by atoms with Crippen LogP contribution in [-0.4, -0.2) is 21.3 Å². The van der Waals surface area contributed by atoms with Crippen LogP contribution in [0.15, 0.2) is 29.7 Å². The van der Waals surface area contributed by atoms with Gasteiger partial charge in [-0.1, -0.05) is 12.1 Å². The van der Waals surface area contributed by atoms with Crippen molar-refractivity contribution < 1.29 is 18.9 Å². The normalized spacial score (nSPS) is 24.9. The highest BCUT2D eigenvalue weighted by Gasteiger charge is 2.48. The molecule has 0 saturated heterocycles. The van der Waals surface area contributed by atoms with Gasteiger partial charge in [0.1, 0.15) is 18.0 Å². The van der Waals surface area contributed by atoms with Gasteiger partial charge in [-0.15, -0.1) is 0 Å². The lowest BCUT2D eigenvalue weighted by atomic mass is 9.93. The summed E-state index contributed by atoms with van der Waals surface area (Å²) in [6, 6.07) is 5.93. The van der Waals surface area contributed by atoms with Gasteiger partial charge in [0.25, 0.3) is 0 Å². The van der Waals surface area contributed by atoms with Gasteiger partial charge in [-0.3, -0.25) is 0 Å². The van der Waals surface area contributed by atoms with Crippen LogP contribution in [0.3, 0.4) is 0 Å². The molecule has 2 aliphatic rings. The van der Waals surface area contributed by atoms with Crippen molar-refractivity contribution >= 4 is 0 Å². The molecule has 0 amide bonds. The van der Waals surface area contributed by atoms with E-state index in [1.165, 1.54) is 0 Å². The van der Waals surface area contributed by atoms with Gasteiger partial charge >= 0.3 is 0 Å². The molecule has 4 heteroatoms. The highest BCUT2D eigenvalue weighted by molar-refractivity contribution is 5.53. The molecule has 2 aliphatic heterocycles. The summed E-state index contributed by atoms with van der Waals surface area (Å²) in [6.07, 6.45) is -0.365. The van der Waals surface area contributed by atoms with E-state index >= 15 is 0 Å². The van der Waals surface area contributed by atoms with Crippen molar-refractivity contribution in [2.45, 2.75) is 12.2 Å². The lowest BCUT2D eigenvalue weighted by molar-refractivity contribution is 0.0437. The monoisotopic (exact) mass is 234 g/mol. The summed E-state index contributed by atoms with van der Waals surface area (Å²) in [5.74, 6) is 2.34. The van der Waals surface area contributed by atoms with Crippen molar-refractivity contribution in [1.82, 2.24) is 0 Å². The van der Waals surface area contributed by atoms with Gasteiger partial charge in [-0.2, -0.15) is 0 Å². The van der Waals surface area contributed by atoms with E-state index in [0.29, 0.717) is 0 Å². The maximum atomic E-state index is 5.89. The van der Waals surface area contributed by atoms with E-state index in [2.05, 4.69) is 0 Å². The molecule has 0 N–H and O–H groups in total. The molecule has 90 valence electrons. The first-order valence-electron chi connectivity index (χ1n) is 5.46. The molecule has 1 aromatic rings. The summed E-state index contributed by atoms with van der Waals surface area (Å²) in [5.41, 5.74) is 2.16. The van der Waals surface area contributed by atoms with Crippen molar-refractivity contribution in [3.63, 3.8) is 0 Å². The van der Waals surface area contributed by atoms with Gasteiger partial charge in [-0.05, 0) is 11.6 Å². The van der Waals surface area contributed by atoms with Gasteiger partial charge in [0, 0.05) is 5.56 Å². The molecule has 3 rings (SSSR count). The average Bonchev–Trinajstić information content (AvgIpc) is 2.93. The molecule has 0 aromatic heterocycles. The largest absolute Gasteiger partial charge is 0.496 e. The zero-order valence-corrected chi connectivity index (χ0v) is 10.0. The molecule has 0 fully saturated rings. The number of fused-ring (bicyclic) bond motifs is 5. The predicted octanol–water partition coefficient (Wildman–Crippen LogP) is 2.33. The molecule has 2 atom stereocenters. The SMILES string of the molecule is COC1=C(OC)C2OC1c1cccc(OC)c12. The third-order valence-corrected chi connectivity index (χ3v) is 3.30. The van der Waals surface area contributed by atoms with Gasteiger partial charge in [0.05, 0.1) is 21.3 Å². The molecule has 2 bridgehead atoms. The van der Waals surface area contributed by atoms with E-state index in [-0.39, 0.29) is 12.2 Å². The van der Waals surface area contributed by atoms with Gasteiger partial charge in [-0.25, -0.2) is 0 Å². The minimum atomic E-state index is -0.203. The molecule has 0 saturated carbocycles. The second-order valence-corrected chi connectivity index (χ2v) is 4.00. The Morgan fingerprint density at radius 3 is 2.29 bits per heavy atom. The number of benzene rings is 1. The Balaban J connectivity index is 2.15. The highest BCUT2D eigenvalue weighted by Crippen LogP contribution is 2.56. The fourth-order valence-electron chi connectivity index (χ4n) is 2.60. The molecule has 0 aliphatic carbocycles. The van der Waals surface area contributed by atoms with Crippen LogP contribution in [-0.2, 0) is 14.2 Å². The summed E-state index contributed by atoms with van der Waals surface area (Å²) in [7, 11) is 4.93. The summed E-state index contributed by atoms with van der Waals surface area (Å²) in [6.45, 7) is 0. The smallest absolute Gasteiger partial charge is 0.170 e. The van der Waals surface area contributed by atoms with Gasteiger partial charge < -0.3 is 18.9 Å². The zero-order chi connectivity index (χ0) is 12.0. The quantitative estimate of drug-likeness (QED) is 0.804. The Morgan fingerprint density at radius 2 is 1.65 bits per heavy atom. The Hall–Kier alpha value is -1.68.